The molecule has 1 fully saturated rings. The molecule has 0 unspecified atom stereocenters. The van der Waals surface area contributed by atoms with Crippen LogP contribution in [0, 0.1) is 13.8 Å². The lowest BCUT2D eigenvalue weighted by Gasteiger charge is -2.29. The van der Waals surface area contributed by atoms with Crippen molar-refractivity contribution in [3.8, 4) is 11.5 Å². The summed E-state index contributed by atoms with van der Waals surface area (Å²) in [5.41, 5.74) is 3.09. The highest BCUT2D eigenvalue weighted by atomic mass is 32.1. The highest BCUT2D eigenvalue weighted by Gasteiger charge is 2.34. The molecule has 1 heterocycles. The van der Waals surface area contributed by atoms with Crippen LogP contribution in [0.5, 0.6) is 11.5 Å². The van der Waals surface area contributed by atoms with Gasteiger partial charge in [-0.05, 0) is 73.6 Å². The quantitative estimate of drug-likeness (QED) is 0.489. The molecule has 2 amide bonds. The highest BCUT2D eigenvalue weighted by molar-refractivity contribution is 7.80. The van der Waals surface area contributed by atoms with Gasteiger partial charge < -0.3 is 9.47 Å². The maximum atomic E-state index is 13.2. The average molecular weight is 396 g/mol. The number of nitrogens with one attached hydrogen (secondary N) is 1. The Kier molecular flexibility index (Phi) is 5.46. The molecule has 0 radical (unpaired) electrons. The molecule has 0 spiro atoms. The van der Waals surface area contributed by atoms with Crippen LogP contribution in [0.25, 0.3) is 6.08 Å². The van der Waals surface area contributed by atoms with Gasteiger partial charge in [0.25, 0.3) is 11.8 Å². The molecule has 3 rings (SSSR count). The van der Waals surface area contributed by atoms with E-state index in [0.29, 0.717) is 22.7 Å². The minimum atomic E-state index is -0.555. The number of amides is 2. The third-order valence-corrected chi connectivity index (χ3v) is 4.59. The van der Waals surface area contributed by atoms with Crippen LogP contribution in [-0.2, 0) is 9.59 Å². The predicted molar refractivity (Wildman–Crippen MR) is 112 cm³/mol. The van der Waals surface area contributed by atoms with Crippen LogP contribution in [0.3, 0.4) is 0 Å². The van der Waals surface area contributed by atoms with Gasteiger partial charge in [-0.25, -0.2) is 0 Å². The molecule has 0 aliphatic carbocycles. The molecule has 0 aromatic heterocycles. The normalized spacial score (nSPS) is 15.6. The Morgan fingerprint density at radius 3 is 2.29 bits per heavy atom. The van der Waals surface area contributed by atoms with Gasteiger partial charge in [-0.15, -0.1) is 0 Å². The summed E-state index contributed by atoms with van der Waals surface area (Å²) in [4.78, 5) is 27.0. The number of nitrogens with zero attached hydrogens (tertiary/aromatic N) is 1. The summed E-state index contributed by atoms with van der Waals surface area (Å²) in [5.74, 6) is 0.0436. The molecular formula is C21H20N2O4S. The van der Waals surface area contributed by atoms with Crippen LogP contribution < -0.4 is 19.7 Å². The second-order valence-electron chi connectivity index (χ2n) is 6.41. The van der Waals surface area contributed by atoms with Crippen molar-refractivity contribution in [2.24, 2.45) is 0 Å². The third kappa shape index (κ3) is 3.75. The SMILES string of the molecule is COc1ccc(OC)c(/C=C2\C(=O)NC(=S)N(c3cc(C)cc(C)c3)C2=O)c1. The molecule has 2 aromatic rings. The van der Waals surface area contributed by atoms with E-state index in [9.17, 15) is 9.59 Å². The largest absolute Gasteiger partial charge is 0.497 e. The molecule has 7 heteroatoms. The number of methoxy groups -OCH3 is 2. The number of carbonyl (C=O) groups is 2. The zero-order valence-electron chi connectivity index (χ0n) is 16.0. The minimum Gasteiger partial charge on any atom is -0.497 e. The maximum Gasteiger partial charge on any atom is 0.270 e. The van der Waals surface area contributed by atoms with Crippen molar-refractivity contribution in [1.29, 1.82) is 0 Å². The summed E-state index contributed by atoms with van der Waals surface area (Å²) >= 11 is 5.26. The first kappa shape index (κ1) is 19.6. The van der Waals surface area contributed by atoms with Crippen LogP contribution >= 0.6 is 12.2 Å². The molecule has 1 aliphatic heterocycles. The molecule has 6 nitrogen and oxygen atoms in total. The molecule has 0 bridgehead atoms. The number of thiocarbonyl (C=S) groups is 1. The van der Waals surface area contributed by atoms with E-state index in [1.54, 1.807) is 18.2 Å². The monoisotopic (exact) mass is 396 g/mol. The van der Waals surface area contributed by atoms with Crippen LogP contribution in [0.15, 0.2) is 42.0 Å². The van der Waals surface area contributed by atoms with Crippen LogP contribution in [0.2, 0.25) is 0 Å². The topological polar surface area (TPSA) is 67.9 Å². The molecule has 0 saturated carbocycles. The van der Waals surface area contributed by atoms with Crippen LogP contribution in [0.1, 0.15) is 16.7 Å². The number of aryl methyl sites for hydroxylation is 2. The molecular weight excluding hydrogens is 376 g/mol. The fourth-order valence-corrected chi connectivity index (χ4v) is 3.36. The summed E-state index contributed by atoms with van der Waals surface area (Å²) in [6.45, 7) is 3.87. The summed E-state index contributed by atoms with van der Waals surface area (Å²) in [6.07, 6.45) is 1.48. The van der Waals surface area contributed by atoms with Gasteiger partial charge >= 0.3 is 0 Å². The van der Waals surface area contributed by atoms with E-state index >= 15 is 0 Å². The van der Waals surface area contributed by atoms with E-state index in [-0.39, 0.29) is 10.7 Å². The lowest BCUT2D eigenvalue weighted by Crippen LogP contribution is -2.54. The number of hydrogen-bond donors (Lipinski definition) is 1. The standard InChI is InChI=1S/C21H20N2O4S/c1-12-7-13(2)9-15(8-12)23-20(25)17(19(24)22-21(23)28)11-14-10-16(26-3)5-6-18(14)27-4/h5-11H,1-4H3,(H,22,24,28)/b17-11+. The number of rotatable bonds is 4. The number of carbonyl (C=O) groups excluding carboxylic acids is 2. The van der Waals surface area contributed by atoms with Gasteiger partial charge in [-0.3, -0.25) is 19.8 Å². The fraction of sp³-hybridized carbons (Fsp3) is 0.190. The van der Waals surface area contributed by atoms with Crippen molar-refractivity contribution in [2.45, 2.75) is 13.8 Å². The van der Waals surface area contributed by atoms with Gasteiger partial charge in [-0.1, -0.05) is 6.07 Å². The number of ether oxygens (including phenoxy) is 2. The minimum absolute atomic E-state index is 0.0423. The maximum absolute atomic E-state index is 13.2. The Balaban J connectivity index is 2.09. The zero-order chi connectivity index (χ0) is 20.4. The van der Waals surface area contributed by atoms with Gasteiger partial charge in [0, 0.05) is 5.56 Å². The first-order valence-electron chi connectivity index (χ1n) is 8.56. The van der Waals surface area contributed by atoms with Crippen molar-refractivity contribution >= 4 is 40.9 Å². The van der Waals surface area contributed by atoms with Crippen molar-refractivity contribution in [3.63, 3.8) is 0 Å². The van der Waals surface area contributed by atoms with E-state index in [0.717, 1.165) is 11.1 Å². The van der Waals surface area contributed by atoms with Crippen molar-refractivity contribution < 1.29 is 19.1 Å². The predicted octanol–water partition coefficient (Wildman–Crippen LogP) is 3.15. The molecule has 1 saturated heterocycles. The van der Waals surface area contributed by atoms with Crippen LogP contribution in [0.4, 0.5) is 5.69 Å². The Hall–Kier alpha value is -3.19. The zero-order valence-corrected chi connectivity index (χ0v) is 16.8. The Bertz CT molecular complexity index is 993. The number of benzene rings is 2. The van der Waals surface area contributed by atoms with Gasteiger partial charge in [0.1, 0.15) is 17.1 Å². The lowest BCUT2D eigenvalue weighted by molar-refractivity contribution is -0.122. The van der Waals surface area contributed by atoms with E-state index in [1.807, 2.05) is 32.0 Å². The van der Waals surface area contributed by atoms with Gasteiger partial charge in [0.05, 0.1) is 19.9 Å². The van der Waals surface area contributed by atoms with E-state index < -0.39 is 11.8 Å². The second-order valence-corrected chi connectivity index (χ2v) is 6.80. The van der Waals surface area contributed by atoms with E-state index in [4.69, 9.17) is 21.7 Å². The van der Waals surface area contributed by atoms with E-state index in [2.05, 4.69) is 5.32 Å². The molecule has 2 aromatic carbocycles. The van der Waals surface area contributed by atoms with E-state index in [1.165, 1.54) is 25.2 Å². The van der Waals surface area contributed by atoms with Crippen molar-refractivity contribution in [2.75, 3.05) is 19.1 Å². The van der Waals surface area contributed by atoms with Crippen molar-refractivity contribution in [1.82, 2.24) is 5.32 Å². The molecule has 144 valence electrons. The summed E-state index contributed by atoms with van der Waals surface area (Å²) in [5, 5.41) is 2.64. The molecule has 1 N–H and O–H groups in total. The highest BCUT2D eigenvalue weighted by Crippen LogP contribution is 2.29. The Morgan fingerprint density at radius 2 is 1.68 bits per heavy atom. The fourth-order valence-electron chi connectivity index (χ4n) is 3.08. The first-order chi connectivity index (χ1) is 13.3. The average Bonchev–Trinajstić information content (AvgIpc) is 2.64. The summed E-state index contributed by atoms with van der Waals surface area (Å²) in [6, 6.07) is 10.8. The lowest BCUT2D eigenvalue weighted by atomic mass is 10.0. The van der Waals surface area contributed by atoms with Crippen molar-refractivity contribution in [3.05, 3.63) is 58.7 Å². The number of hydrogen-bond acceptors (Lipinski definition) is 5. The van der Waals surface area contributed by atoms with Gasteiger partial charge in [-0.2, -0.15) is 0 Å². The Morgan fingerprint density at radius 1 is 1.00 bits per heavy atom. The van der Waals surface area contributed by atoms with Gasteiger partial charge in [0.15, 0.2) is 5.11 Å². The second kappa shape index (κ2) is 7.82. The number of anilines is 1. The Labute approximate surface area is 168 Å². The summed E-state index contributed by atoms with van der Waals surface area (Å²) < 4.78 is 10.6. The van der Waals surface area contributed by atoms with Gasteiger partial charge in [0.2, 0.25) is 0 Å². The van der Waals surface area contributed by atoms with Crippen LogP contribution in [-0.4, -0.2) is 31.1 Å². The first-order valence-corrected chi connectivity index (χ1v) is 8.96. The summed E-state index contributed by atoms with van der Waals surface area (Å²) in [7, 11) is 3.06. The smallest absolute Gasteiger partial charge is 0.270 e. The third-order valence-electron chi connectivity index (χ3n) is 4.30. The molecule has 0 atom stereocenters. The molecule has 1 aliphatic rings. The molecule has 28 heavy (non-hydrogen) atoms.